The fourth-order valence-electron chi connectivity index (χ4n) is 6.20. The van der Waals surface area contributed by atoms with Gasteiger partial charge in [-0.1, -0.05) is 55.8 Å². The van der Waals surface area contributed by atoms with E-state index in [1.165, 1.54) is 32.1 Å². The molecule has 4 heterocycles. The molecule has 3 aliphatic rings. The molecule has 0 amide bonds. The summed E-state index contributed by atoms with van der Waals surface area (Å²) in [5.74, 6) is 2.74. The normalized spacial score (nSPS) is 25.2. The van der Waals surface area contributed by atoms with Crippen LogP contribution >= 0.6 is 11.6 Å². The number of amidine groups is 1. The highest BCUT2D eigenvalue weighted by Gasteiger charge is 2.40. The molecule has 38 heavy (non-hydrogen) atoms. The molecule has 6 rings (SSSR count). The van der Waals surface area contributed by atoms with E-state index in [0.717, 1.165) is 55.1 Å². The van der Waals surface area contributed by atoms with Crippen LogP contribution in [-0.4, -0.2) is 49.0 Å². The van der Waals surface area contributed by atoms with Gasteiger partial charge in [-0.25, -0.2) is 15.0 Å². The third-order valence-corrected chi connectivity index (χ3v) is 8.54. The van der Waals surface area contributed by atoms with E-state index < -0.39 is 12.0 Å². The number of aliphatic hydroxyl groups is 1. The van der Waals surface area contributed by atoms with Crippen molar-refractivity contribution in [2.75, 3.05) is 7.11 Å². The predicted octanol–water partition coefficient (Wildman–Crippen LogP) is 4.73. The zero-order chi connectivity index (χ0) is 26.3. The molecule has 3 aromatic rings. The van der Waals surface area contributed by atoms with Gasteiger partial charge in [0, 0.05) is 31.6 Å². The highest BCUT2D eigenvalue weighted by molar-refractivity contribution is 6.30. The van der Waals surface area contributed by atoms with Crippen molar-refractivity contribution >= 4 is 28.6 Å². The number of nitrogens with zero attached hydrogens (tertiary/aromatic N) is 6. The summed E-state index contributed by atoms with van der Waals surface area (Å²) in [6.45, 7) is 3.17. The molecule has 0 spiro atoms. The summed E-state index contributed by atoms with van der Waals surface area (Å²) in [5, 5.41) is 17.0. The number of nitrogens with one attached hydrogen (secondary N) is 1. The molecule has 2 fully saturated rings. The summed E-state index contributed by atoms with van der Waals surface area (Å²) < 4.78 is 8.62. The minimum Gasteiger partial charge on any atom is -0.370 e. The van der Waals surface area contributed by atoms with Crippen LogP contribution in [0.5, 0.6) is 0 Å². The van der Waals surface area contributed by atoms with Crippen LogP contribution in [0.1, 0.15) is 76.4 Å². The predicted molar refractivity (Wildman–Crippen MR) is 143 cm³/mol. The lowest BCUT2D eigenvalue weighted by Gasteiger charge is -2.36. The van der Waals surface area contributed by atoms with Crippen LogP contribution < -0.4 is 5.32 Å². The number of aromatic nitrogens is 5. The Kier molecular flexibility index (Phi) is 6.96. The van der Waals surface area contributed by atoms with Gasteiger partial charge in [0.1, 0.15) is 22.6 Å². The molecule has 1 unspecified atom stereocenters. The largest absolute Gasteiger partial charge is 0.370 e. The van der Waals surface area contributed by atoms with Crippen molar-refractivity contribution in [3.8, 4) is 11.3 Å². The van der Waals surface area contributed by atoms with Crippen molar-refractivity contribution in [1.82, 2.24) is 29.8 Å². The van der Waals surface area contributed by atoms with E-state index >= 15 is 0 Å². The second kappa shape index (κ2) is 10.4. The molecule has 2 aliphatic carbocycles. The summed E-state index contributed by atoms with van der Waals surface area (Å²) >= 11 is 6.38. The zero-order valence-electron chi connectivity index (χ0n) is 21.9. The highest BCUT2D eigenvalue weighted by Crippen LogP contribution is 2.43. The molecule has 2 N–H and O–H groups in total. The molecule has 0 radical (unpaired) electrons. The quantitative estimate of drug-likeness (QED) is 0.461. The Morgan fingerprint density at radius 1 is 1.13 bits per heavy atom. The first-order chi connectivity index (χ1) is 18.5. The van der Waals surface area contributed by atoms with E-state index in [9.17, 15) is 5.11 Å². The second-order valence-electron chi connectivity index (χ2n) is 10.9. The van der Waals surface area contributed by atoms with E-state index in [2.05, 4.69) is 26.9 Å². The van der Waals surface area contributed by atoms with Gasteiger partial charge in [-0.05, 0) is 43.6 Å². The maximum Gasteiger partial charge on any atom is 0.305 e. The van der Waals surface area contributed by atoms with Crippen molar-refractivity contribution in [2.24, 2.45) is 17.0 Å². The van der Waals surface area contributed by atoms with Gasteiger partial charge < -0.3 is 24.6 Å². The van der Waals surface area contributed by atoms with Crippen LogP contribution in [0.4, 0.5) is 0 Å². The molecule has 202 valence electrons. The van der Waals surface area contributed by atoms with Gasteiger partial charge in [0.25, 0.3) is 0 Å². The van der Waals surface area contributed by atoms with E-state index in [1.54, 1.807) is 19.5 Å². The molecular formula is C27H34ClN7O3. The minimum atomic E-state index is -1.25. The lowest BCUT2D eigenvalue weighted by Crippen LogP contribution is -2.35. The summed E-state index contributed by atoms with van der Waals surface area (Å²) in [6.07, 6.45) is 12.2. The van der Waals surface area contributed by atoms with Crippen LogP contribution in [0.3, 0.4) is 0 Å². The molecule has 10 nitrogen and oxygen atoms in total. The lowest BCUT2D eigenvalue weighted by molar-refractivity contribution is -0.0896. The van der Waals surface area contributed by atoms with Gasteiger partial charge in [-0.3, -0.25) is 4.98 Å². The lowest BCUT2D eigenvalue weighted by atomic mass is 9.82. The maximum absolute atomic E-state index is 9.81. The maximum atomic E-state index is 9.81. The van der Waals surface area contributed by atoms with Gasteiger partial charge in [0.2, 0.25) is 11.7 Å². The fourth-order valence-corrected chi connectivity index (χ4v) is 6.37. The molecule has 1 aliphatic heterocycles. The molecular weight excluding hydrogens is 506 g/mol. The number of hydrogen-bond acceptors (Lipinski definition) is 9. The van der Waals surface area contributed by atoms with Gasteiger partial charge in [-0.2, -0.15) is 0 Å². The average molecular weight is 540 g/mol. The van der Waals surface area contributed by atoms with Gasteiger partial charge in [-0.15, -0.1) is 0 Å². The third kappa shape index (κ3) is 4.74. The number of rotatable bonds is 6. The molecule has 11 heteroatoms. The van der Waals surface area contributed by atoms with Crippen molar-refractivity contribution in [3.05, 3.63) is 35.1 Å². The van der Waals surface area contributed by atoms with Crippen molar-refractivity contribution in [3.63, 3.8) is 0 Å². The highest BCUT2D eigenvalue weighted by atomic mass is 35.5. The number of imidazole rings is 1. The number of halogens is 1. The zero-order valence-corrected chi connectivity index (χ0v) is 22.6. The first-order valence-corrected chi connectivity index (χ1v) is 14.0. The SMILES string of the molecule is COC1(c2nc3nc(C4=NOC(O)N4)nc(-c4cncc(Cl)c4)c3n2C[C@H]2CC[C@H](C)CC2)CCCCC1. The number of methoxy groups -OCH3 is 1. The Balaban J connectivity index is 1.58. The van der Waals surface area contributed by atoms with Gasteiger partial charge >= 0.3 is 6.41 Å². The minimum absolute atomic E-state index is 0.243. The molecule has 0 saturated heterocycles. The third-order valence-electron chi connectivity index (χ3n) is 8.33. The van der Waals surface area contributed by atoms with E-state index in [1.807, 2.05) is 6.07 Å². The Morgan fingerprint density at radius 2 is 1.92 bits per heavy atom. The number of ether oxygens (including phenoxy) is 1. The van der Waals surface area contributed by atoms with Crippen LogP contribution in [0.15, 0.2) is 23.6 Å². The number of pyridine rings is 1. The Hall–Kier alpha value is -2.82. The first kappa shape index (κ1) is 25.5. The molecule has 3 aromatic heterocycles. The average Bonchev–Trinajstić information content (AvgIpc) is 3.54. The van der Waals surface area contributed by atoms with Crippen molar-refractivity contribution in [2.45, 2.75) is 83.3 Å². The standard InChI is InChI=1S/C27H34ClN7O3/c1-16-6-8-17(9-7-16)15-35-21-20(18-12-19(28)14-29-13-18)30-23(24-33-26(36)38-34-24)31-22(21)32-25(35)27(37-2)10-4-3-5-11-27/h12-14,16-17,26,36H,3-11,15H2,1-2H3,(H,33,34)/t16-,17-,26?. The Morgan fingerprint density at radius 3 is 2.61 bits per heavy atom. The molecule has 0 aromatic carbocycles. The van der Waals surface area contributed by atoms with Crippen molar-refractivity contribution in [1.29, 1.82) is 0 Å². The Labute approximate surface area is 226 Å². The van der Waals surface area contributed by atoms with Crippen LogP contribution in [0.2, 0.25) is 5.02 Å². The number of aliphatic hydroxyl groups excluding tert-OH is 1. The number of oxime groups is 1. The second-order valence-corrected chi connectivity index (χ2v) is 11.4. The molecule has 0 bridgehead atoms. The smallest absolute Gasteiger partial charge is 0.305 e. The van der Waals surface area contributed by atoms with Crippen molar-refractivity contribution < 1.29 is 14.7 Å². The molecule has 1 atom stereocenters. The van der Waals surface area contributed by atoms with Gasteiger partial charge in [0.15, 0.2) is 5.65 Å². The summed E-state index contributed by atoms with van der Waals surface area (Å²) in [6, 6.07) is 1.85. The topological polar surface area (TPSA) is 120 Å². The first-order valence-electron chi connectivity index (χ1n) is 13.6. The van der Waals surface area contributed by atoms with Crippen LogP contribution in [0, 0.1) is 11.8 Å². The van der Waals surface area contributed by atoms with Gasteiger partial charge in [0.05, 0.1) is 5.02 Å². The van der Waals surface area contributed by atoms with E-state index in [-0.39, 0.29) is 11.7 Å². The Bertz CT molecular complexity index is 1350. The number of hydrogen-bond donors (Lipinski definition) is 2. The number of fused-ring (bicyclic) bond motifs is 1. The summed E-state index contributed by atoms with van der Waals surface area (Å²) in [4.78, 5) is 24.1. The van der Waals surface area contributed by atoms with E-state index in [4.69, 9.17) is 36.1 Å². The summed E-state index contributed by atoms with van der Waals surface area (Å²) in [5.41, 5.74) is 2.33. The summed E-state index contributed by atoms with van der Waals surface area (Å²) in [7, 11) is 1.80. The fraction of sp³-hybridized carbons (Fsp3) is 0.593. The monoisotopic (exact) mass is 539 g/mol. The van der Waals surface area contributed by atoms with Crippen LogP contribution in [-0.2, 0) is 21.7 Å². The molecule has 2 saturated carbocycles. The van der Waals surface area contributed by atoms with E-state index in [0.29, 0.717) is 22.3 Å². The van der Waals surface area contributed by atoms with Crippen LogP contribution in [0.25, 0.3) is 22.4 Å².